The SMILES string of the molecule is COc1c(Nc2ncc(Cl)c(Nc3ccccc3S(=O)(=O)N(C)C)n2)ccc2c1CCCC(NCC(C)O)C2. The van der Waals surface area contributed by atoms with Crippen LogP contribution in [0.3, 0.4) is 0 Å². The molecule has 0 radical (unpaired) electrons. The lowest BCUT2D eigenvalue weighted by atomic mass is 9.99. The van der Waals surface area contributed by atoms with E-state index in [2.05, 4.69) is 32.0 Å². The molecule has 1 heterocycles. The number of aliphatic hydroxyl groups is 1. The molecule has 39 heavy (non-hydrogen) atoms. The molecule has 0 fully saturated rings. The highest BCUT2D eigenvalue weighted by Crippen LogP contribution is 2.37. The van der Waals surface area contributed by atoms with Crippen LogP contribution in [-0.4, -0.2) is 67.7 Å². The average molecular weight is 575 g/mol. The summed E-state index contributed by atoms with van der Waals surface area (Å²) in [4.78, 5) is 8.96. The van der Waals surface area contributed by atoms with Crippen molar-refractivity contribution in [2.24, 2.45) is 0 Å². The number of ether oxygens (including phenoxy) is 1. The van der Waals surface area contributed by atoms with Gasteiger partial charge in [-0.2, -0.15) is 4.98 Å². The second-order valence-electron chi connectivity index (χ2n) is 9.76. The maximum Gasteiger partial charge on any atom is 0.244 e. The van der Waals surface area contributed by atoms with E-state index in [9.17, 15) is 13.5 Å². The first kappa shape index (κ1) is 29.0. The topological polar surface area (TPSA) is 129 Å². The molecule has 0 saturated heterocycles. The molecule has 1 aliphatic rings. The number of hydrogen-bond donors (Lipinski definition) is 4. The highest BCUT2D eigenvalue weighted by molar-refractivity contribution is 7.89. The maximum atomic E-state index is 12.8. The number of aromatic nitrogens is 2. The number of anilines is 4. The molecule has 1 aliphatic carbocycles. The zero-order chi connectivity index (χ0) is 28.2. The number of methoxy groups -OCH3 is 1. The summed E-state index contributed by atoms with van der Waals surface area (Å²) < 4.78 is 32.6. The second kappa shape index (κ2) is 12.5. The van der Waals surface area contributed by atoms with Crippen molar-refractivity contribution in [3.63, 3.8) is 0 Å². The molecule has 10 nitrogen and oxygen atoms in total. The second-order valence-corrected chi connectivity index (χ2v) is 12.3. The highest BCUT2D eigenvalue weighted by Gasteiger charge is 2.23. The zero-order valence-corrected chi connectivity index (χ0v) is 24.1. The van der Waals surface area contributed by atoms with Crippen molar-refractivity contribution in [3.8, 4) is 5.75 Å². The molecule has 4 N–H and O–H groups in total. The summed E-state index contributed by atoms with van der Waals surface area (Å²) in [7, 11) is 0.905. The molecule has 0 bridgehead atoms. The van der Waals surface area contributed by atoms with Crippen LogP contribution in [0.2, 0.25) is 5.02 Å². The van der Waals surface area contributed by atoms with Crippen molar-refractivity contribution < 1.29 is 18.3 Å². The van der Waals surface area contributed by atoms with Crippen LogP contribution < -0.4 is 20.7 Å². The van der Waals surface area contributed by atoms with Crippen LogP contribution in [0.15, 0.2) is 47.5 Å². The number of benzene rings is 2. The Morgan fingerprint density at radius 3 is 2.67 bits per heavy atom. The lowest BCUT2D eigenvalue weighted by Gasteiger charge is -2.20. The van der Waals surface area contributed by atoms with Gasteiger partial charge in [0.2, 0.25) is 16.0 Å². The molecule has 2 unspecified atom stereocenters. The van der Waals surface area contributed by atoms with Crippen molar-refractivity contribution in [3.05, 3.63) is 58.7 Å². The van der Waals surface area contributed by atoms with Gasteiger partial charge in [-0.3, -0.25) is 0 Å². The van der Waals surface area contributed by atoms with Crippen LogP contribution in [-0.2, 0) is 22.9 Å². The van der Waals surface area contributed by atoms with Crippen LogP contribution in [0.25, 0.3) is 0 Å². The highest BCUT2D eigenvalue weighted by atomic mass is 35.5. The fraction of sp³-hybridized carbons (Fsp3) is 0.407. The van der Waals surface area contributed by atoms with Gasteiger partial charge in [-0.25, -0.2) is 17.7 Å². The van der Waals surface area contributed by atoms with E-state index in [0.29, 0.717) is 12.2 Å². The quantitative estimate of drug-likeness (QED) is 0.265. The fourth-order valence-corrected chi connectivity index (χ4v) is 5.80. The molecule has 0 spiro atoms. The van der Waals surface area contributed by atoms with Crippen molar-refractivity contribution in [2.45, 2.75) is 49.6 Å². The van der Waals surface area contributed by atoms with Gasteiger partial charge in [-0.1, -0.05) is 29.8 Å². The summed E-state index contributed by atoms with van der Waals surface area (Å²) >= 11 is 6.39. The molecule has 3 aromatic rings. The van der Waals surface area contributed by atoms with Crippen molar-refractivity contribution >= 4 is 44.8 Å². The molecule has 1 aromatic heterocycles. The average Bonchev–Trinajstić information content (AvgIpc) is 3.11. The number of hydrogen-bond acceptors (Lipinski definition) is 9. The smallest absolute Gasteiger partial charge is 0.244 e. The normalized spacial score (nSPS) is 16.3. The summed E-state index contributed by atoms with van der Waals surface area (Å²) in [5, 5.41) is 19.6. The van der Waals surface area contributed by atoms with E-state index in [1.165, 1.54) is 31.9 Å². The lowest BCUT2D eigenvalue weighted by Crippen LogP contribution is -2.35. The van der Waals surface area contributed by atoms with Gasteiger partial charge in [0, 0.05) is 26.7 Å². The lowest BCUT2D eigenvalue weighted by molar-refractivity contribution is 0.185. The number of nitrogens with zero attached hydrogens (tertiary/aromatic N) is 3. The van der Waals surface area contributed by atoms with Crippen molar-refractivity contribution in [1.29, 1.82) is 0 Å². The minimum absolute atomic E-state index is 0.104. The van der Waals surface area contributed by atoms with Gasteiger partial charge in [0.1, 0.15) is 15.7 Å². The number of aliphatic hydroxyl groups excluding tert-OH is 1. The number of para-hydroxylation sites is 1. The molecule has 4 rings (SSSR count). The molecule has 210 valence electrons. The Balaban J connectivity index is 1.60. The van der Waals surface area contributed by atoms with Crippen molar-refractivity contribution in [2.75, 3.05) is 38.4 Å². The van der Waals surface area contributed by atoms with Gasteiger partial charge in [0.25, 0.3) is 0 Å². The molecular formula is C27H35ClN6O4S. The standard InChI is InChI=1S/C27H35ClN6O4S/c1-17(35)15-29-19-8-7-9-20-18(14-19)12-13-23(25(20)38-4)32-27-30-16-21(28)26(33-27)31-22-10-5-6-11-24(22)39(36,37)34(2)3/h5-6,10-13,16-17,19,29,35H,7-9,14-15H2,1-4H3,(H2,30,31,32,33). The van der Waals surface area contributed by atoms with E-state index in [1.54, 1.807) is 32.2 Å². The summed E-state index contributed by atoms with van der Waals surface area (Å²) in [5.74, 6) is 1.27. The number of sulfonamides is 1. The minimum atomic E-state index is -3.70. The van der Waals surface area contributed by atoms with Gasteiger partial charge in [-0.05, 0) is 61.9 Å². The Bertz CT molecular complexity index is 1420. The van der Waals surface area contributed by atoms with Gasteiger partial charge in [0.05, 0.1) is 30.8 Å². The van der Waals surface area contributed by atoms with E-state index >= 15 is 0 Å². The van der Waals surface area contributed by atoms with Gasteiger partial charge >= 0.3 is 0 Å². The maximum absolute atomic E-state index is 12.8. The zero-order valence-electron chi connectivity index (χ0n) is 22.5. The predicted molar refractivity (Wildman–Crippen MR) is 154 cm³/mol. The minimum Gasteiger partial charge on any atom is -0.494 e. The molecular weight excluding hydrogens is 540 g/mol. The van der Waals surface area contributed by atoms with E-state index in [4.69, 9.17) is 16.3 Å². The summed E-state index contributed by atoms with van der Waals surface area (Å²) in [5.41, 5.74) is 3.41. The van der Waals surface area contributed by atoms with Crippen LogP contribution in [0.1, 0.15) is 30.9 Å². The third-order valence-corrected chi connectivity index (χ3v) is 8.75. The van der Waals surface area contributed by atoms with Crippen LogP contribution >= 0.6 is 11.6 Å². The molecule has 12 heteroatoms. The summed E-state index contributed by atoms with van der Waals surface area (Å²) in [6.45, 7) is 2.34. The third-order valence-electron chi connectivity index (χ3n) is 6.60. The molecule has 2 aromatic carbocycles. The Morgan fingerprint density at radius 1 is 1.18 bits per heavy atom. The predicted octanol–water partition coefficient (Wildman–Crippen LogP) is 4.09. The Hall–Kier alpha value is -2.96. The summed E-state index contributed by atoms with van der Waals surface area (Å²) in [6, 6.07) is 10.9. The Morgan fingerprint density at radius 2 is 1.95 bits per heavy atom. The number of fused-ring (bicyclic) bond motifs is 1. The van der Waals surface area contributed by atoms with Crippen molar-refractivity contribution in [1.82, 2.24) is 19.6 Å². The number of nitrogens with one attached hydrogen (secondary N) is 3. The van der Waals surface area contributed by atoms with E-state index < -0.39 is 16.1 Å². The van der Waals surface area contributed by atoms with Crippen LogP contribution in [0.5, 0.6) is 5.75 Å². The first-order chi connectivity index (χ1) is 18.6. The summed E-state index contributed by atoms with van der Waals surface area (Å²) in [6.07, 6.45) is 4.78. The van der Waals surface area contributed by atoms with Crippen LogP contribution in [0.4, 0.5) is 23.1 Å². The van der Waals surface area contributed by atoms with Crippen LogP contribution in [0, 0.1) is 0 Å². The molecule has 2 atom stereocenters. The van der Waals surface area contributed by atoms with Gasteiger partial charge in [-0.15, -0.1) is 0 Å². The Labute approximate surface area is 234 Å². The fourth-order valence-electron chi connectivity index (χ4n) is 4.62. The molecule has 0 saturated carbocycles. The largest absolute Gasteiger partial charge is 0.494 e. The van der Waals surface area contributed by atoms with Gasteiger partial charge in [0.15, 0.2) is 5.82 Å². The van der Waals surface area contributed by atoms with Gasteiger partial charge < -0.3 is 25.8 Å². The Kier molecular flexibility index (Phi) is 9.29. The molecule has 0 aliphatic heterocycles. The first-order valence-electron chi connectivity index (χ1n) is 12.8. The monoisotopic (exact) mass is 574 g/mol. The van der Waals surface area contributed by atoms with E-state index in [1.807, 2.05) is 6.07 Å². The van der Waals surface area contributed by atoms with E-state index in [-0.39, 0.29) is 27.7 Å². The van der Waals surface area contributed by atoms with E-state index in [0.717, 1.165) is 47.0 Å². The number of rotatable bonds is 10. The number of halogens is 1. The third kappa shape index (κ3) is 6.79. The molecule has 0 amide bonds. The first-order valence-corrected chi connectivity index (χ1v) is 14.6.